The van der Waals surface area contributed by atoms with Gasteiger partial charge in [-0.05, 0) is 31.8 Å². The third kappa shape index (κ3) is 2.01. The van der Waals surface area contributed by atoms with Gasteiger partial charge in [0.05, 0.1) is 0 Å². The monoisotopic (exact) mass is 180 g/mol. The molecule has 0 saturated carbocycles. The fourth-order valence-corrected chi connectivity index (χ4v) is 2.13. The molecule has 0 radical (unpaired) electrons. The Kier molecular flexibility index (Phi) is 2.94. The van der Waals surface area contributed by atoms with Gasteiger partial charge in [0, 0.05) is 5.41 Å². The fraction of sp³-hybridized carbons (Fsp3) is 0.750. The summed E-state index contributed by atoms with van der Waals surface area (Å²) >= 11 is 0. The molecule has 0 bridgehead atoms. The van der Waals surface area contributed by atoms with Crippen LogP contribution in [-0.2, 0) is 4.79 Å². The molecule has 0 aliphatic heterocycles. The van der Waals surface area contributed by atoms with Crippen molar-refractivity contribution in [2.75, 3.05) is 0 Å². The minimum atomic E-state index is -0.118. The summed E-state index contributed by atoms with van der Waals surface area (Å²) in [5, 5.41) is 0. The summed E-state index contributed by atoms with van der Waals surface area (Å²) in [4.78, 5) is 11.9. The first-order chi connectivity index (χ1) is 5.99. The summed E-state index contributed by atoms with van der Waals surface area (Å²) in [7, 11) is 0. The fourth-order valence-electron chi connectivity index (χ4n) is 2.13. The van der Waals surface area contributed by atoms with Crippen molar-refractivity contribution in [2.24, 2.45) is 5.41 Å². The van der Waals surface area contributed by atoms with E-state index in [2.05, 4.69) is 27.7 Å². The average Bonchev–Trinajstić information content (AvgIpc) is 2.21. The van der Waals surface area contributed by atoms with Crippen molar-refractivity contribution >= 4 is 5.78 Å². The summed E-state index contributed by atoms with van der Waals surface area (Å²) in [6.45, 7) is 8.38. The third-order valence-electron chi connectivity index (χ3n) is 2.89. The van der Waals surface area contributed by atoms with Gasteiger partial charge in [0.25, 0.3) is 0 Å². The molecule has 1 nitrogen and oxygen atoms in total. The molecule has 0 unspecified atom stereocenters. The molecule has 74 valence electrons. The standard InChI is InChI=1S/C12H20O/c1-5-6-7-10-9(2)8-12(3,4)11(10)13/h5-8H2,1-4H3. The van der Waals surface area contributed by atoms with E-state index in [1.165, 1.54) is 12.0 Å². The first-order valence-corrected chi connectivity index (χ1v) is 5.22. The second-order valence-corrected chi connectivity index (χ2v) is 4.75. The molecule has 0 fully saturated rings. The van der Waals surface area contributed by atoms with E-state index in [4.69, 9.17) is 0 Å². The molecule has 1 rings (SSSR count). The number of rotatable bonds is 3. The minimum Gasteiger partial charge on any atom is -0.294 e. The molecular weight excluding hydrogens is 160 g/mol. The zero-order valence-corrected chi connectivity index (χ0v) is 9.24. The van der Waals surface area contributed by atoms with Gasteiger partial charge in [0.15, 0.2) is 5.78 Å². The number of hydrogen-bond acceptors (Lipinski definition) is 1. The van der Waals surface area contributed by atoms with Gasteiger partial charge in [-0.3, -0.25) is 4.79 Å². The Bertz CT molecular complexity index is 246. The van der Waals surface area contributed by atoms with Gasteiger partial charge in [0.1, 0.15) is 0 Å². The van der Waals surface area contributed by atoms with Crippen LogP contribution >= 0.6 is 0 Å². The highest BCUT2D eigenvalue weighted by molar-refractivity contribution is 6.02. The van der Waals surface area contributed by atoms with E-state index in [9.17, 15) is 4.79 Å². The number of ketones is 1. The van der Waals surface area contributed by atoms with Gasteiger partial charge in [-0.15, -0.1) is 0 Å². The molecule has 1 heteroatoms. The van der Waals surface area contributed by atoms with Crippen LogP contribution < -0.4 is 0 Å². The summed E-state index contributed by atoms with van der Waals surface area (Å²) in [5.41, 5.74) is 2.32. The molecule has 13 heavy (non-hydrogen) atoms. The Morgan fingerprint density at radius 1 is 1.38 bits per heavy atom. The van der Waals surface area contributed by atoms with Crippen LogP contribution in [0.3, 0.4) is 0 Å². The van der Waals surface area contributed by atoms with E-state index in [0.717, 1.165) is 24.8 Å². The predicted molar refractivity (Wildman–Crippen MR) is 55.6 cm³/mol. The Labute approximate surface area is 81.2 Å². The van der Waals surface area contributed by atoms with Crippen LogP contribution in [0.15, 0.2) is 11.1 Å². The lowest BCUT2D eigenvalue weighted by Gasteiger charge is -2.15. The number of unbranched alkanes of at least 4 members (excludes halogenated alkanes) is 1. The van der Waals surface area contributed by atoms with E-state index in [0.29, 0.717) is 5.78 Å². The molecule has 0 amide bonds. The number of carbonyl (C=O) groups excluding carboxylic acids is 1. The summed E-state index contributed by atoms with van der Waals surface area (Å²) in [6, 6.07) is 0. The van der Waals surface area contributed by atoms with Gasteiger partial charge >= 0.3 is 0 Å². The molecule has 0 aromatic heterocycles. The van der Waals surface area contributed by atoms with Gasteiger partial charge in [-0.1, -0.05) is 32.8 Å². The molecule has 0 aromatic rings. The lowest BCUT2D eigenvalue weighted by atomic mass is 9.87. The van der Waals surface area contributed by atoms with Crippen LogP contribution in [0.25, 0.3) is 0 Å². The van der Waals surface area contributed by atoms with Gasteiger partial charge in [-0.25, -0.2) is 0 Å². The highest BCUT2D eigenvalue weighted by atomic mass is 16.1. The molecule has 0 spiro atoms. The number of carbonyl (C=O) groups is 1. The molecular formula is C12H20O. The Morgan fingerprint density at radius 2 is 2.00 bits per heavy atom. The van der Waals surface area contributed by atoms with E-state index < -0.39 is 0 Å². The molecule has 0 heterocycles. The number of hydrogen-bond donors (Lipinski definition) is 0. The molecule has 1 aliphatic carbocycles. The molecule has 1 aliphatic rings. The Morgan fingerprint density at radius 3 is 2.38 bits per heavy atom. The molecule has 0 N–H and O–H groups in total. The van der Waals surface area contributed by atoms with E-state index >= 15 is 0 Å². The van der Waals surface area contributed by atoms with Crippen molar-refractivity contribution in [2.45, 2.75) is 53.4 Å². The van der Waals surface area contributed by atoms with Crippen molar-refractivity contribution in [3.05, 3.63) is 11.1 Å². The van der Waals surface area contributed by atoms with Crippen molar-refractivity contribution in [1.82, 2.24) is 0 Å². The van der Waals surface area contributed by atoms with Crippen LogP contribution in [0.5, 0.6) is 0 Å². The quantitative estimate of drug-likeness (QED) is 0.649. The summed E-state index contributed by atoms with van der Waals surface area (Å²) in [6.07, 6.45) is 4.27. The van der Waals surface area contributed by atoms with E-state index in [1.54, 1.807) is 0 Å². The van der Waals surface area contributed by atoms with Crippen molar-refractivity contribution in [1.29, 1.82) is 0 Å². The highest BCUT2D eigenvalue weighted by Gasteiger charge is 2.36. The maximum Gasteiger partial charge on any atom is 0.164 e. The van der Waals surface area contributed by atoms with E-state index in [1.807, 2.05) is 0 Å². The SMILES string of the molecule is CCCCC1=C(C)CC(C)(C)C1=O. The van der Waals surface area contributed by atoms with E-state index in [-0.39, 0.29) is 5.41 Å². The normalized spacial score (nSPS) is 21.4. The van der Waals surface area contributed by atoms with Crippen molar-refractivity contribution in [3.8, 4) is 0 Å². The Balaban J connectivity index is 2.73. The lowest BCUT2D eigenvalue weighted by molar-refractivity contribution is -0.122. The van der Waals surface area contributed by atoms with Crippen LogP contribution in [0.2, 0.25) is 0 Å². The zero-order valence-electron chi connectivity index (χ0n) is 9.24. The first-order valence-electron chi connectivity index (χ1n) is 5.22. The molecule has 0 atom stereocenters. The second kappa shape index (κ2) is 3.65. The second-order valence-electron chi connectivity index (χ2n) is 4.75. The number of allylic oxidation sites excluding steroid dienone is 2. The first kappa shape index (κ1) is 10.5. The summed E-state index contributed by atoms with van der Waals surface area (Å²) in [5.74, 6) is 0.387. The predicted octanol–water partition coefficient (Wildman–Crippen LogP) is 3.49. The van der Waals surface area contributed by atoms with Gasteiger partial charge in [-0.2, -0.15) is 0 Å². The van der Waals surface area contributed by atoms with Crippen LogP contribution in [0.1, 0.15) is 53.4 Å². The van der Waals surface area contributed by atoms with Gasteiger partial charge in [0.2, 0.25) is 0 Å². The number of Topliss-reactive ketones (excluding diaryl/α,β-unsaturated/α-hetero) is 1. The maximum absolute atomic E-state index is 11.9. The lowest BCUT2D eigenvalue weighted by Crippen LogP contribution is -2.19. The van der Waals surface area contributed by atoms with Crippen LogP contribution in [-0.4, -0.2) is 5.78 Å². The summed E-state index contributed by atoms with van der Waals surface area (Å²) < 4.78 is 0. The highest BCUT2D eigenvalue weighted by Crippen LogP contribution is 2.39. The van der Waals surface area contributed by atoms with Crippen LogP contribution in [0.4, 0.5) is 0 Å². The van der Waals surface area contributed by atoms with Crippen molar-refractivity contribution < 1.29 is 4.79 Å². The zero-order chi connectivity index (χ0) is 10.1. The van der Waals surface area contributed by atoms with Crippen molar-refractivity contribution in [3.63, 3.8) is 0 Å². The largest absolute Gasteiger partial charge is 0.294 e. The van der Waals surface area contributed by atoms with Crippen LogP contribution in [0, 0.1) is 5.41 Å². The topological polar surface area (TPSA) is 17.1 Å². The van der Waals surface area contributed by atoms with Gasteiger partial charge < -0.3 is 0 Å². The third-order valence-corrected chi connectivity index (χ3v) is 2.89. The Hall–Kier alpha value is -0.590. The molecule has 0 aromatic carbocycles. The minimum absolute atomic E-state index is 0.118. The maximum atomic E-state index is 11.9. The average molecular weight is 180 g/mol. The smallest absolute Gasteiger partial charge is 0.164 e. The molecule has 0 saturated heterocycles.